The number of benzene rings is 1. The van der Waals surface area contributed by atoms with Crippen LogP contribution in [0, 0.1) is 0 Å². The molecule has 5 nitrogen and oxygen atoms in total. The molecule has 0 aliphatic carbocycles. The summed E-state index contributed by atoms with van der Waals surface area (Å²) < 4.78 is 10.7. The molecule has 3 N–H and O–H groups in total. The summed E-state index contributed by atoms with van der Waals surface area (Å²) >= 11 is 0. The van der Waals surface area contributed by atoms with Gasteiger partial charge in [0.2, 0.25) is 5.91 Å². The highest BCUT2D eigenvalue weighted by molar-refractivity contribution is 5.86. The van der Waals surface area contributed by atoms with Gasteiger partial charge < -0.3 is 20.5 Å². The number of hydrogen-bond donors (Lipinski definition) is 2. The van der Waals surface area contributed by atoms with Crippen LogP contribution < -0.4 is 11.1 Å². The fourth-order valence-electron chi connectivity index (χ4n) is 1.91. The van der Waals surface area contributed by atoms with Crippen molar-refractivity contribution in [2.24, 2.45) is 5.73 Å². The molecule has 1 aliphatic heterocycles. The molecular formula is C13H18N2O3. The normalized spacial score (nSPS) is 18.9. The van der Waals surface area contributed by atoms with E-state index in [1.165, 1.54) is 0 Å². The maximum atomic E-state index is 11.8. The molecule has 1 aliphatic rings. The summed E-state index contributed by atoms with van der Waals surface area (Å²) in [6.07, 6.45) is 0.0563. The number of carbonyl (C=O) groups is 1. The average molecular weight is 250 g/mol. The number of primary amides is 1. The van der Waals surface area contributed by atoms with E-state index < -0.39 is 11.4 Å². The molecule has 1 aromatic carbocycles. The molecule has 1 heterocycles. The number of amides is 1. The van der Waals surface area contributed by atoms with E-state index in [0.29, 0.717) is 13.2 Å². The van der Waals surface area contributed by atoms with Crippen LogP contribution in [0.25, 0.3) is 0 Å². The molecule has 5 heteroatoms. The van der Waals surface area contributed by atoms with Gasteiger partial charge in [0, 0.05) is 0 Å². The predicted molar refractivity (Wildman–Crippen MR) is 66.9 cm³/mol. The molecule has 1 unspecified atom stereocenters. The molecule has 1 saturated heterocycles. The van der Waals surface area contributed by atoms with Crippen molar-refractivity contribution < 1.29 is 14.3 Å². The first-order chi connectivity index (χ1) is 8.69. The molecule has 0 saturated carbocycles. The highest BCUT2D eigenvalue weighted by atomic mass is 16.6. The van der Waals surface area contributed by atoms with Crippen molar-refractivity contribution in [2.45, 2.75) is 11.6 Å². The third-order valence-electron chi connectivity index (χ3n) is 3.26. The largest absolute Gasteiger partial charge is 0.376 e. The van der Waals surface area contributed by atoms with Gasteiger partial charge in [0.25, 0.3) is 0 Å². The Morgan fingerprint density at radius 1 is 1.50 bits per heavy atom. The summed E-state index contributed by atoms with van der Waals surface area (Å²) in [5, 5.41) is 2.99. The monoisotopic (exact) mass is 250 g/mol. The topological polar surface area (TPSA) is 73.6 Å². The lowest BCUT2D eigenvalue weighted by molar-refractivity contribution is -0.150. The van der Waals surface area contributed by atoms with Crippen molar-refractivity contribution in [3.8, 4) is 0 Å². The molecule has 0 radical (unpaired) electrons. The summed E-state index contributed by atoms with van der Waals surface area (Å²) in [5.41, 5.74) is 5.36. The third-order valence-corrected chi connectivity index (χ3v) is 3.26. The van der Waals surface area contributed by atoms with Gasteiger partial charge in [0.05, 0.1) is 19.8 Å². The summed E-state index contributed by atoms with van der Waals surface area (Å²) in [4.78, 5) is 11.8. The molecule has 0 aromatic heterocycles. The van der Waals surface area contributed by atoms with E-state index in [9.17, 15) is 4.79 Å². The standard InChI is InChI=1S/C13H18N2O3/c1-15-13(12(14)16,9-18-11-7-17-8-11)10-5-3-2-4-6-10/h2-6,11,15H,7-9H2,1H3,(H2,14,16). The number of rotatable bonds is 6. The fourth-order valence-corrected chi connectivity index (χ4v) is 1.91. The molecule has 1 aromatic rings. The van der Waals surface area contributed by atoms with Crippen LogP contribution in [-0.2, 0) is 19.8 Å². The van der Waals surface area contributed by atoms with Gasteiger partial charge in [0.1, 0.15) is 11.6 Å². The zero-order valence-electron chi connectivity index (χ0n) is 10.4. The molecule has 18 heavy (non-hydrogen) atoms. The van der Waals surface area contributed by atoms with E-state index in [4.69, 9.17) is 15.2 Å². The Balaban J connectivity index is 2.18. The second kappa shape index (κ2) is 5.48. The number of nitrogens with two attached hydrogens (primary N) is 1. The highest BCUT2D eigenvalue weighted by Crippen LogP contribution is 2.22. The maximum Gasteiger partial charge on any atom is 0.244 e. The molecule has 1 fully saturated rings. The smallest absolute Gasteiger partial charge is 0.244 e. The molecule has 0 bridgehead atoms. The van der Waals surface area contributed by atoms with Crippen molar-refractivity contribution in [3.05, 3.63) is 35.9 Å². The minimum Gasteiger partial charge on any atom is -0.376 e. The zero-order chi connectivity index (χ0) is 13.0. The first kappa shape index (κ1) is 13.0. The molecule has 0 spiro atoms. The van der Waals surface area contributed by atoms with E-state index in [1.54, 1.807) is 7.05 Å². The lowest BCUT2D eigenvalue weighted by Gasteiger charge is -2.34. The SMILES string of the molecule is CNC(COC1COC1)(C(N)=O)c1ccccc1. The van der Waals surface area contributed by atoms with Crippen LogP contribution in [0.2, 0.25) is 0 Å². The number of likely N-dealkylation sites (N-methyl/N-ethyl adjacent to an activating group) is 1. The number of nitrogens with one attached hydrogen (secondary N) is 1. The van der Waals surface area contributed by atoms with Crippen LogP contribution >= 0.6 is 0 Å². The lowest BCUT2D eigenvalue weighted by Crippen LogP contribution is -2.56. The Bertz CT molecular complexity index is 406. The third kappa shape index (κ3) is 2.38. The first-order valence-electron chi connectivity index (χ1n) is 5.93. The summed E-state index contributed by atoms with van der Waals surface area (Å²) in [6.45, 7) is 1.36. The van der Waals surface area contributed by atoms with Gasteiger partial charge in [0.15, 0.2) is 0 Å². The number of hydrogen-bond acceptors (Lipinski definition) is 4. The van der Waals surface area contributed by atoms with Crippen molar-refractivity contribution in [1.29, 1.82) is 0 Å². The van der Waals surface area contributed by atoms with Gasteiger partial charge in [-0.1, -0.05) is 30.3 Å². The zero-order valence-corrected chi connectivity index (χ0v) is 10.4. The summed E-state index contributed by atoms with van der Waals surface area (Å²) in [6, 6.07) is 9.36. The van der Waals surface area contributed by atoms with Crippen LogP contribution in [0.3, 0.4) is 0 Å². The minimum atomic E-state index is -0.989. The van der Waals surface area contributed by atoms with Crippen molar-refractivity contribution in [1.82, 2.24) is 5.32 Å². The molecular weight excluding hydrogens is 232 g/mol. The van der Waals surface area contributed by atoms with E-state index in [2.05, 4.69) is 5.32 Å². The van der Waals surface area contributed by atoms with E-state index in [0.717, 1.165) is 5.56 Å². The second-order valence-electron chi connectivity index (χ2n) is 4.36. The summed E-state index contributed by atoms with van der Waals surface area (Å²) in [7, 11) is 1.71. The minimum absolute atomic E-state index is 0.0563. The molecule has 1 amide bonds. The Morgan fingerprint density at radius 3 is 2.61 bits per heavy atom. The van der Waals surface area contributed by atoms with Gasteiger partial charge in [-0.3, -0.25) is 4.79 Å². The van der Waals surface area contributed by atoms with Crippen molar-refractivity contribution >= 4 is 5.91 Å². The van der Waals surface area contributed by atoms with E-state index in [1.807, 2.05) is 30.3 Å². The Hall–Kier alpha value is -1.43. The van der Waals surface area contributed by atoms with Crippen LogP contribution in [0.1, 0.15) is 5.56 Å². The van der Waals surface area contributed by atoms with Crippen LogP contribution in [0.5, 0.6) is 0 Å². The van der Waals surface area contributed by atoms with Crippen molar-refractivity contribution in [2.75, 3.05) is 26.9 Å². The van der Waals surface area contributed by atoms with Gasteiger partial charge in [-0.05, 0) is 12.6 Å². The Labute approximate surface area is 106 Å². The first-order valence-corrected chi connectivity index (χ1v) is 5.93. The molecule has 1 atom stereocenters. The summed E-state index contributed by atoms with van der Waals surface area (Å²) in [5.74, 6) is -0.448. The second-order valence-corrected chi connectivity index (χ2v) is 4.36. The number of carbonyl (C=O) groups excluding carboxylic acids is 1. The Morgan fingerprint density at radius 2 is 2.17 bits per heavy atom. The van der Waals surface area contributed by atoms with Crippen molar-refractivity contribution in [3.63, 3.8) is 0 Å². The predicted octanol–water partition coefficient (Wildman–Crippen LogP) is 0.00200. The van der Waals surface area contributed by atoms with E-state index in [-0.39, 0.29) is 12.7 Å². The molecule has 98 valence electrons. The Kier molecular flexibility index (Phi) is 3.96. The molecule has 2 rings (SSSR count). The van der Waals surface area contributed by atoms with Crippen LogP contribution in [-0.4, -0.2) is 38.9 Å². The quantitative estimate of drug-likeness (QED) is 0.745. The maximum absolute atomic E-state index is 11.8. The average Bonchev–Trinajstić information content (AvgIpc) is 2.33. The van der Waals surface area contributed by atoms with Crippen LogP contribution in [0.15, 0.2) is 30.3 Å². The number of ether oxygens (including phenoxy) is 2. The van der Waals surface area contributed by atoms with E-state index >= 15 is 0 Å². The van der Waals surface area contributed by atoms with Gasteiger partial charge in [-0.25, -0.2) is 0 Å². The van der Waals surface area contributed by atoms with Gasteiger partial charge >= 0.3 is 0 Å². The van der Waals surface area contributed by atoms with Crippen LogP contribution in [0.4, 0.5) is 0 Å². The fraction of sp³-hybridized carbons (Fsp3) is 0.462. The lowest BCUT2D eigenvalue weighted by atomic mass is 9.90. The van der Waals surface area contributed by atoms with Gasteiger partial charge in [-0.15, -0.1) is 0 Å². The van der Waals surface area contributed by atoms with Gasteiger partial charge in [-0.2, -0.15) is 0 Å². The highest BCUT2D eigenvalue weighted by Gasteiger charge is 2.38.